The number of rotatable bonds is 5. The van der Waals surface area contributed by atoms with E-state index in [0.29, 0.717) is 17.2 Å². The molecule has 1 heterocycles. The van der Waals surface area contributed by atoms with Crippen molar-refractivity contribution >= 4 is 12.0 Å². The summed E-state index contributed by atoms with van der Waals surface area (Å²) in [6, 6.07) is 3.62. The van der Waals surface area contributed by atoms with E-state index in [-0.39, 0.29) is 5.91 Å². The van der Waals surface area contributed by atoms with Crippen LogP contribution in [0.3, 0.4) is 0 Å². The summed E-state index contributed by atoms with van der Waals surface area (Å²) in [6.07, 6.45) is 3.33. The molecule has 120 valence electrons. The summed E-state index contributed by atoms with van der Waals surface area (Å²) < 4.78 is 15.9. The maximum Gasteiger partial charge on any atom is 0.246 e. The molecule has 0 aromatic heterocycles. The van der Waals surface area contributed by atoms with E-state index < -0.39 is 0 Å². The Bertz CT molecular complexity index is 526. The fraction of sp³-hybridized carbons (Fsp3) is 0.438. The number of amides is 1. The maximum atomic E-state index is 12.1. The molecule has 1 aliphatic rings. The van der Waals surface area contributed by atoms with E-state index in [9.17, 15) is 4.79 Å². The van der Waals surface area contributed by atoms with Crippen molar-refractivity contribution in [1.82, 2.24) is 10.2 Å². The van der Waals surface area contributed by atoms with Crippen molar-refractivity contribution in [3.05, 3.63) is 23.8 Å². The van der Waals surface area contributed by atoms with Gasteiger partial charge in [-0.05, 0) is 23.8 Å². The van der Waals surface area contributed by atoms with Gasteiger partial charge in [-0.25, -0.2) is 0 Å². The minimum atomic E-state index is 0.00949. The summed E-state index contributed by atoms with van der Waals surface area (Å²) in [7, 11) is 4.69. The second-order valence-corrected chi connectivity index (χ2v) is 4.87. The Hall–Kier alpha value is -2.21. The molecule has 0 radical (unpaired) electrons. The molecule has 0 unspecified atom stereocenters. The molecule has 1 amide bonds. The highest BCUT2D eigenvalue weighted by Gasteiger charge is 2.14. The van der Waals surface area contributed by atoms with E-state index in [0.717, 1.165) is 31.7 Å². The zero-order chi connectivity index (χ0) is 15.9. The fourth-order valence-electron chi connectivity index (χ4n) is 2.36. The third-order valence-corrected chi connectivity index (χ3v) is 3.53. The third kappa shape index (κ3) is 3.71. The van der Waals surface area contributed by atoms with Crippen molar-refractivity contribution in [2.45, 2.75) is 0 Å². The smallest absolute Gasteiger partial charge is 0.246 e. The van der Waals surface area contributed by atoms with E-state index in [1.165, 1.54) is 0 Å². The first-order valence-electron chi connectivity index (χ1n) is 7.17. The molecule has 6 nitrogen and oxygen atoms in total. The molecule has 1 fully saturated rings. The van der Waals surface area contributed by atoms with Gasteiger partial charge in [0.05, 0.1) is 21.3 Å². The number of ether oxygens (including phenoxy) is 3. The highest BCUT2D eigenvalue weighted by Crippen LogP contribution is 2.38. The van der Waals surface area contributed by atoms with Gasteiger partial charge < -0.3 is 24.4 Å². The summed E-state index contributed by atoms with van der Waals surface area (Å²) in [5.41, 5.74) is 0.818. The van der Waals surface area contributed by atoms with Crippen molar-refractivity contribution in [3.63, 3.8) is 0 Å². The lowest BCUT2D eigenvalue weighted by Crippen LogP contribution is -2.45. The first kappa shape index (κ1) is 16.2. The average Bonchev–Trinajstić information content (AvgIpc) is 2.59. The summed E-state index contributed by atoms with van der Waals surface area (Å²) in [5.74, 6) is 1.68. The molecule has 2 rings (SSSR count). The Kier molecular flexibility index (Phi) is 5.66. The predicted molar refractivity (Wildman–Crippen MR) is 84.6 cm³/mol. The van der Waals surface area contributed by atoms with Gasteiger partial charge >= 0.3 is 0 Å². The zero-order valence-corrected chi connectivity index (χ0v) is 13.2. The molecule has 0 atom stereocenters. The second-order valence-electron chi connectivity index (χ2n) is 4.87. The molecular weight excluding hydrogens is 284 g/mol. The summed E-state index contributed by atoms with van der Waals surface area (Å²) in [6.45, 7) is 3.14. The van der Waals surface area contributed by atoms with E-state index in [1.807, 2.05) is 17.0 Å². The Balaban J connectivity index is 2.17. The van der Waals surface area contributed by atoms with Crippen LogP contribution in [0.15, 0.2) is 18.2 Å². The van der Waals surface area contributed by atoms with Crippen LogP contribution in [0, 0.1) is 0 Å². The number of methoxy groups -OCH3 is 3. The largest absolute Gasteiger partial charge is 0.493 e. The number of hydrogen-bond acceptors (Lipinski definition) is 5. The number of nitrogens with one attached hydrogen (secondary N) is 1. The first-order valence-corrected chi connectivity index (χ1v) is 7.17. The Labute approximate surface area is 130 Å². The monoisotopic (exact) mass is 306 g/mol. The van der Waals surface area contributed by atoms with Gasteiger partial charge in [0.1, 0.15) is 0 Å². The van der Waals surface area contributed by atoms with Crippen LogP contribution in [0.4, 0.5) is 0 Å². The van der Waals surface area contributed by atoms with Crippen molar-refractivity contribution in [2.75, 3.05) is 47.5 Å². The molecule has 22 heavy (non-hydrogen) atoms. The average molecular weight is 306 g/mol. The molecule has 1 saturated heterocycles. The quantitative estimate of drug-likeness (QED) is 0.827. The minimum Gasteiger partial charge on any atom is -0.493 e. The first-order chi connectivity index (χ1) is 10.7. The van der Waals surface area contributed by atoms with E-state index >= 15 is 0 Å². The lowest BCUT2D eigenvalue weighted by molar-refractivity contribution is -0.126. The minimum absolute atomic E-state index is 0.00949. The highest BCUT2D eigenvalue weighted by molar-refractivity contribution is 5.92. The Morgan fingerprint density at radius 3 is 2.18 bits per heavy atom. The second kappa shape index (κ2) is 7.70. The van der Waals surface area contributed by atoms with E-state index in [4.69, 9.17) is 14.2 Å². The lowest BCUT2D eigenvalue weighted by atomic mass is 10.1. The summed E-state index contributed by atoms with van der Waals surface area (Å²) >= 11 is 0. The number of nitrogens with zero attached hydrogens (tertiary/aromatic N) is 1. The van der Waals surface area contributed by atoms with Gasteiger partial charge in [0.2, 0.25) is 11.7 Å². The van der Waals surface area contributed by atoms with Crippen LogP contribution >= 0.6 is 0 Å². The molecule has 1 N–H and O–H groups in total. The molecule has 0 bridgehead atoms. The van der Waals surface area contributed by atoms with Crippen LogP contribution in [-0.4, -0.2) is 58.3 Å². The summed E-state index contributed by atoms with van der Waals surface area (Å²) in [5, 5.41) is 3.22. The van der Waals surface area contributed by atoms with E-state index in [1.54, 1.807) is 33.5 Å². The van der Waals surface area contributed by atoms with Gasteiger partial charge in [-0.2, -0.15) is 0 Å². The Morgan fingerprint density at radius 1 is 1.09 bits per heavy atom. The van der Waals surface area contributed by atoms with Gasteiger partial charge in [0, 0.05) is 32.3 Å². The number of benzene rings is 1. The van der Waals surface area contributed by atoms with Crippen molar-refractivity contribution in [3.8, 4) is 17.2 Å². The SMILES string of the molecule is COc1cc(/C=C/C(=O)N2CCNCC2)cc(OC)c1OC. The summed E-state index contributed by atoms with van der Waals surface area (Å²) in [4.78, 5) is 14.0. The van der Waals surface area contributed by atoms with Gasteiger partial charge in [-0.3, -0.25) is 4.79 Å². The maximum absolute atomic E-state index is 12.1. The number of carbonyl (C=O) groups excluding carboxylic acids is 1. The van der Waals surface area contributed by atoms with Gasteiger partial charge in [0.15, 0.2) is 11.5 Å². The van der Waals surface area contributed by atoms with Gasteiger partial charge in [0.25, 0.3) is 0 Å². The molecular formula is C16H22N2O4. The standard InChI is InChI=1S/C16H22N2O4/c1-20-13-10-12(11-14(21-2)16(13)22-3)4-5-15(19)18-8-6-17-7-9-18/h4-5,10-11,17H,6-9H2,1-3H3/b5-4+. The topological polar surface area (TPSA) is 60.0 Å². The molecule has 1 aliphatic heterocycles. The normalized spacial score (nSPS) is 15.0. The van der Waals surface area contributed by atoms with Gasteiger partial charge in [-0.15, -0.1) is 0 Å². The van der Waals surface area contributed by atoms with Crippen LogP contribution in [0.25, 0.3) is 6.08 Å². The van der Waals surface area contributed by atoms with Crippen LogP contribution in [0.2, 0.25) is 0 Å². The van der Waals surface area contributed by atoms with Crippen molar-refractivity contribution in [1.29, 1.82) is 0 Å². The van der Waals surface area contributed by atoms with Crippen molar-refractivity contribution < 1.29 is 19.0 Å². The van der Waals surface area contributed by atoms with Crippen LogP contribution in [0.5, 0.6) is 17.2 Å². The molecule has 0 spiro atoms. The number of hydrogen-bond donors (Lipinski definition) is 1. The third-order valence-electron chi connectivity index (χ3n) is 3.53. The molecule has 1 aromatic carbocycles. The lowest BCUT2D eigenvalue weighted by Gasteiger charge is -2.26. The molecule has 0 saturated carbocycles. The van der Waals surface area contributed by atoms with Crippen LogP contribution in [0.1, 0.15) is 5.56 Å². The van der Waals surface area contributed by atoms with Crippen LogP contribution in [-0.2, 0) is 4.79 Å². The predicted octanol–water partition coefficient (Wildman–Crippen LogP) is 1.16. The van der Waals surface area contributed by atoms with Crippen molar-refractivity contribution in [2.24, 2.45) is 0 Å². The van der Waals surface area contributed by atoms with Gasteiger partial charge in [-0.1, -0.05) is 0 Å². The number of carbonyl (C=O) groups is 1. The molecule has 6 heteroatoms. The number of piperazine rings is 1. The zero-order valence-electron chi connectivity index (χ0n) is 13.2. The highest BCUT2D eigenvalue weighted by atomic mass is 16.5. The van der Waals surface area contributed by atoms with E-state index in [2.05, 4.69) is 5.32 Å². The molecule has 1 aromatic rings. The molecule has 0 aliphatic carbocycles. The van der Waals surface area contributed by atoms with Crippen LogP contribution < -0.4 is 19.5 Å². The fourth-order valence-corrected chi connectivity index (χ4v) is 2.36. The Morgan fingerprint density at radius 2 is 1.68 bits per heavy atom.